The van der Waals surface area contributed by atoms with E-state index in [1.807, 2.05) is 0 Å². The molecular formula is C12H12F2O3. The van der Waals surface area contributed by atoms with Crippen molar-refractivity contribution in [2.45, 2.75) is 13.3 Å². The van der Waals surface area contributed by atoms with Crippen LogP contribution in [-0.2, 0) is 9.53 Å². The molecule has 92 valence electrons. The van der Waals surface area contributed by atoms with Crippen LogP contribution in [0, 0.1) is 17.6 Å². The van der Waals surface area contributed by atoms with Crippen LogP contribution in [-0.4, -0.2) is 18.9 Å². The average Bonchev–Trinajstić information content (AvgIpc) is 2.33. The van der Waals surface area contributed by atoms with Crippen LogP contribution in [0.15, 0.2) is 18.2 Å². The molecule has 0 aliphatic heterocycles. The third-order valence-corrected chi connectivity index (χ3v) is 2.41. The van der Waals surface area contributed by atoms with E-state index in [1.54, 1.807) is 6.92 Å². The number of hydrogen-bond donors (Lipinski definition) is 0. The maximum absolute atomic E-state index is 12.9. The molecule has 0 heterocycles. The Bertz CT molecular complexity index is 443. The molecule has 1 aromatic carbocycles. The molecule has 0 bridgehead atoms. The van der Waals surface area contributed by atoms with Crippen LogP contribution in [0.4, 0.5) is 8.78 Å². The lowest BCUT2D eigenvalue weighted by Gasteiger charge is -2.11. The standard InChI is InChI=1S/C12H12F2O3/c1-3-8(12(16)17-2)11(15)7-4-5-9(13)10(14)6-7/h4-6,8H,3H2,1-2H3. The van der Waals surface area contributed by atoms with Crippen LogP contribution >= 0.6 is 0 Å². The first-order chi connectivity index (χ1) is 8.01. The molecule has 3 nitrogen and oxygen atoms in total. The van der Waals surface area contributed by atoms with Gasteiger partial charge in [0, 0.05) is 5.56 Å². The van der Waals surface area contributed by atoms with Crippen molar-refractivity contribution >= 4 is 11.8 Å². The summed E-state index contributed by atoms with van der Waals surface area (Å²) in [7, 11) is 1.17. The van der Waals surface area contributed by atoms with Gasteiger partial charge in [-0.15, -0.1) is 0 Å². The summed E-state index contributed by atoms with van der Waals surface area (Å²) in [5.74, 6) is -4.38. The van der Waals surface area contributed by atoms with Gasteiger partial charge in [0.1, 0.15) is 5.92 Å². The van der Waals surface area contributed by atoms with Gasteiger partial charge in [-0.3, -0.25) is 9.59 Å². The molecule has 1 rings (SSSR count). The SMILES string of the molecule is CCC(C(=O)OC)C(=O)c1ccc(F)c(F)c1. The second-order valence-electron chi connectivity index (χ2n) is 3.48. The maximum atomic E-state index is 12.9. The summed E-state index contributed by atoms with van der Waals surface area (Å²) in [4.78, 5) is 23.1. The fourth-order valence-electron chi connectivity index (χ4n) is 1.45. The Labute approximate surface area is 97.4 Å². The Morgan fingerprint density at radius 1 is 1.29 bits per heavy atom. The lowest BCUT2D eigenvalue weighted by atomic mass is 9.95. The number of esters is 1. The van der Waals surface area contributed by atoms with E-state index < -0.39 is 29.3 Å². The van der Waals surface area contributed by atoms with Crippen molar-refractivity contribution in [2.24, 2.45) is 5.92 Å². The number of benzene rings is 1. The minimum atomic E-state index is -1.12. The topological polar surface area (TPSA) is 43.4 Å². The van der Waals surface area contributed by atoms with Gasteiger partial charge in [0.2, 0.25) is 0 Å². The third-order valence-electron chi connectivity index (χ3n) is 2.41. The van der Waals surface area contributed by atoms with Gasteiger partial charge >= 0.3 is 5.97 Å². The molecule has 0 radical (unpaired) electrons. The molecule has 0 aliphatic carbocycles. The Kier molecular flexibility index (Phi) is 4.31. The van der Waals surface area contributed by atoms with Gasteiger partial charge in [0.15, 0.2) is 17.4 Å². The fraction of sp³-hybridized carbons (Fsp3) is 0.333. The predicted molar refractivity (Wildman–Crippen MR) is 56.5 cm³/mol. The number of ketones is 1. The Balaban J connectivity index is 3.02. The number of methoxy groups -OCH3 is 1. The number of carbonyl (C=O) groups excluding carboxylic acids is 2. The maximum Gasteiger partial charge on any atom is 0.316 e. The van der Waals surface area contributed by atoms with Crippen LogP contribution in [0.3, 0.4) is 0 Å². The van der Waals surface area contributed by atoms with Gasteiger partial charge in [-0.05, 0) is 24.6 Å². The molecule has 0 saturated carbocycles. The van der Waals surface area contributed by atoms with Crippen LogP contribution in [0.25, 0.3) is 0 Å². The summed E-state index contributed by atoms with van der Waals surface area (Å²) >= 11 is 0. The van der Waals surface area contributed by atoms with Gasteiger partial charge in [0.25, 0.3) is 0 Å². The van der Waals surface area contributed by atoms with Crippen molar-refractivity contribution in [3.05, 3.63) is 35.4 Å². The predicted octanol–water partition coefficient (Wildman–Crippen LogP) is 2.35. The van der Waals surface area contributed by atoms with E-state index in [1.165, 1.54) is 7.11 Å². The zero-order valence-electron chi connectivity index (χ0n) is 9.50. The highest BCUT2D eigenvalue weighted by Crippen LogP contribution is 2.16. The van der Waals surface area contributed by atoms with Gasteiger partial charge < -0.3 is 4.74 Å². The Morgan fingerprint density at radius 3 is 2.41 bits per heavy atom. The van der Waals surface area contributed by atoms with Crippen molar-refractivity contribution in [2.75, 3.05) is 7.11 Å². The van der Waals surface area contributed by atoms with Crippen molar-refractivity contribution in [3.63, 3.8) is 0 Å². The highest BCUT2D eigenvalue weighted by molar-refractivity contribution is 6.08. The molecule has 0 amide bonds. The summed E-state index contributed by atoms with van der Waals surface area (Å²) in [5.41, 5.74) is -0.0406. The molecule has 1 atom stereocenters. The lowest BCUT2D eigenvalue weighted by Crippen LogP contribution is -2.24. The molecule has 5 heteroatoms. The zero-order valence-corrected chi connectivity index (χ0v) is 9.50. The fourth-order valence-corrected chi connectivity index (χ4v) is 1.45. The van der Waals surface area contributed by atoms with Crippen molar-refractivity contribution < 1.29 is 23.1 Å². The molecule has 0 saturated heterocycles. The molecule has 1 aromatic rings. The quantitative estimate of drug-likeness (QED) is 0.462. The van der Waals surface area contributed by atoms with E-state index in [-0.39, 0.29) is 12.0 Å². The Morgan fingerprint density at radius 2 is 1.94 bits per heavy atom. The molecule has 0 aromatic heterocycles. The third kappa shape index (κ3) is 2.87. The minimum Gasteiger partial charge on any atom is -0.468 e. The van der Waals surface area contributed by atoms with Crippen LogP contribution in [0.1, 0.15) is 23.7 Å². The lowest BCUT2D eigenvalue weighted by molar-refractivity contribution is -0.143. The number of Topliss-reactive ketones (excluding diaryl/α,β-unsaturated/α-hetero) is 1. The summed E-state index contributed by atoms with van der Waals surface area (Å²) in [5, 5.41) is 0. The van der Waals surface area contributed by atoms with Gasteiger partial charge in [-0.2, -0.15) is 0 Å². The highest BCUT2D eigenvalue weighted by atomic mass is 19.2. The molecule has 0 aliphatic rings. The van der Waals surface area contributed by atoms with Crippen molar-refractivity contribution in [1.29, 1.82) is 0 Å². The Hall–Kier alpha value is -1.78. The van der Waals surface area contributed by atoms with E-state index >= 15 is 0 Å². The van der Waals surface area contributed by atoms with Crippen LogP contribution in [0.2, 0.25) is 0 Å². The van der Waals surface area contributed by atoms with Crippen LogP contribution in [0.5, 0.6) is 0 Å². The second kappa shape index (κ2) is 5.52. The highest BCUT2D eigenvalue weighted by Gasteiger charge is 2.27. The van der Waals surface area contributed by atoms with Crippen molar-refractivity contribution in [3.8, 4) is 0 Å². The summed E-state index contributed by atoms with van der Waals surface area (Å²) in [6, 6.07) is 2.78. The molecule has 0 fully saturated rings. The summed E-state index contributed by atoms with van der Waals surface area (Å²) in [6.45, 7) is 1.64. The molecular weight excluding hydrogens is 230 g/mol. The van der Waals surface area contributed by atoms with Gasteiger partial charge in [-0.25, -0.2) is 8.78 Å². The number of rotatable bonds is 4. The minimum absolute atomic E-state index is 0.0406. The van der Waals surface area contributed by atoms with E-state index in [0.29, 0.717) is 0 Å². The van der Waals surface area contributed by atoms with E-state index in [9.17, 15) is 18.4 Å². The van der Waals surface area contributed by atoms with Gasteiger partial charge in [0.05, 0.1) is 7.11 Å². The van der Waals surface area contributed by atoms with E-state index in [4.69, 9.17) is 0 Å². The largest absolute Gasteiger partial charge is 0.468 e. The van der Waals surface area contributed by atoms with E-state index in [0.717, 1.165) is 18.2 Å². The number of hydrogen-bond acceptors (Lipinski definition) is 3. The smallest absolute Gasteiger partial charge is 0.316 e. The number of ether oxygens (including phenoxy) is 1. The number of halogens is 2. The monoisotopic (exact) mass is 242 g/mol. The molecule has 0 N–H and O–H groups in total. The second-order valence-corrected chi connectivity index (χ2v) is 3.48. The molecule has 0 spiro atoms. The average molecular weight is 242 g/mol. The first-order valence-electron chi connectivity index (χ1n) is 5.08. The first-order valence-corrected chi connectivity index (χ1v) is 5.08. The zero-order chi connectivity index (χ0) is 13.0. The van der Waals surface area contributed by atoms with Gasteiger partial charge in [-0.1, -0.05) is 6.92 Å². The van der Waals surface area contributed by atoms with E-state index in [2.05, 4.69) is 4.74 Å². The van der Waals surface area contributed by atoms with Crippen molar-refractivity contribution in [1.82, 2.24) is 0 Å². The molecule has 1 unspecified atom stereocenters. The first kappa shape index (κ1) is 13.3. The van der Waals surface area contributed by atoms with Crippen LogP contribution < -0.4 is 0 Å². The normalized spacial score (nSPS) is 12.0. The summed E-state index contributed by atoms with van der Waals surface area (Å²) in [6.07, 6.45) is 0.241. The summed E-state index contributed by atoms with van der Waals surface area (Å²) < 4.78 is 30.1. The molecule has 17 heavy (non-hydrogen) atoms. The number of carbonyl (C=O) groups is 2.